The van der Waals surface area contributed by atoms with Gasteiger partial charge in [0, 0.05) is 6.72 Å². The number of alkyl halides is 1. The van der Waals surface area contributed by atoms with Crippen molar-refractivity contribution in [3.05, 3.63) is 40.6 Å². The van der Waals surface area contributed by atoms with Crippen LogP contribution in [0, 0.1) is 0 Å². The van der Waals surface area contributed by atoms with E-state index >= 15 is 0 Å². The summed E-state index contributed by atoms with van der Waals surface area (Å²) in [6.07, 6.45) is 1.17. The monoisotopic (exact) mass is 354 g/mol. The second-order valence-corrected chi connectivity index (χ2v) is 6.72. The highest BCUT2D eigenvalue weighted by Gasteiger charge is 2.29. The van der Waals surface area contributed by atoms with E-state index in [0.29, 0.717) is 18.6 Å². The van der Waals surface area contributed by atoms with Crippen LogP contribution in [0.15, 0.2) is 40.2 Å². The minimum Gasteiger partial charge on any atom is -0.460 e. The molecule has 6 heteroatoms. The fourth-order valence-corrected chi connectivity index (χ4v) is 2.16. The molecule has 0 bridgehead atoms. The number of amides is 1. The van der Waals surface area contributed by atoms with Gasteiger partial charge < -0.3 is 4.74 Å². The van der Waals surface area contributed by atoms with E-state index in [4.69, 9.17) is 16.3 Å². The van der Waals surface area contributed by atoms with Gasteiger partial charge in [0.2, 0.25) is 0 Å². The van der Waals surface area contributed by atoms with Gasteiger partial charge >= 0.3 is 0 Å². The molecule has 0 heterocycles. The summed E-state index contributed by atoms with van der Waals surface area (Å²) in [6.45, 7) is 10.2. The number of hydrogen-bond acceptors (Lipinski definition) is 3. The average Bonchev–Trinajstić information content (AvgIpc) is 2.52. The van der Waals surface area contributed by atoms with Crippen molar-refractivity contribution in [2.45, 2.75) is 46.1 Å². The molecular formula is C18H24ClFN2O2. The molecular weight excluding hydrogens is 331 g/mol. The van der Waals surface area contributed by atoms with Gasteiger partial charge in [0.05, 0.1) is 12.2 Å². The number of benzene rings is 1. The highest BCUT2D eigenvalue weighted by molar-refractivity contribution is 6.42. The molecule has 4 nitrogen and oxygen atoms in total. The van der Waals surface area contributed by atoms with Crippen LogP contribution in [0.4, 0.5) is 4.39 Å². The second kappa shape index (κ2) is 8.83. The van der Waals surface area contributed by atoms with Gasteiger partial charge in [-0.25, -0.2) is 5.01 Å². The Labute approximate surface area is 147 Å². The zero-order valence-electron chi connectivity index (χ0n) is 14.6. The number of allylic oxidation sites excluding steroid dienone is 1. The maximum absolute atomic E-state index is 12.4. The third kappa shape index (κ3) is 5.64. The van der Waals surface area contributed by atoms with E-state index in [9.17, 15) is 9.18 Å². The van der Waals surface area contributed by atoms with Gasteiger partial charge in [-0.15, -0.1) is 0 Å². The molecule has 0 radical (unpaired) electrons. The molecule has 1 aromatic carbocycles. The largest absolute Gasteiger partial charge is 0.460 e. The smallest absolute Gasteiger partial charge is 0.289 e. The predicted molar refractivity (Wildman–Crippen MR) is 96.1 cm³/mol. The van der Waals surface area contributed by atoms with E-state index in [-0.39, 0.29) is 17.5 Å². The highest BCUT2D eigenvalue weighted by Crippen LogP contribution is 2.23. The summed E-state index contributed by atoms with van der Waals surface area (Å²) in [5.74, 6) is 0.351. The Bertz CT molecular complexity index is 606. The quantitative estimate of drug-likeness (QED) is 0.309. The first-order chi connectivity index (χ1) is 11.2. The van der Waals surface area contributed by atoms with Crippen molar-refractivity contribution in [1.29, 1.82) is 0 Å². The van der Waals surface area contributed by atoms with E-state index in [0.717, 1.165) is 5.56 Å². The molecule has 0 saturated heterocycles. The van der Waals surface area contributed by atoms with E-state index in [1.807, 2.05) is 32.9 Å². The van der Waals surface area contributed by atoms with Crippen LogP contribution in [-0.2, 0) is 11.2 Å². The number of nitrogens with zero attached hydrogens (tertiary/aromatic N) is 2. The Hall–Kier alpha value is -1.88. The van der Waals surface area contributed by atoms with Crippen LogP contribution < -0.4 is 4.74 Å². The van der Waals surface area contributed by atoms with E-state index in [1.54, 1.807) is 19.1 Å². The van der Waals surface area contributed by atoms with Crippen molar-refractivity contribution in [2.75, 3.05) is 6.67 Å². The zero-order valence-corrected chi connectivity index (χ0v) is 15.4. The molecule has 0 saturated carbocycles. The molecule has 1 amide bonds. The van der Waals surface area contributed by atoms with Gasteiger partial charge in [0.15, 0.2) is 0 Å². The lowest BCUT2D eigenvalue weighted by Gasteiger charge is -2.30. The molecule has 0 aliphatic heterocycles. The van der Waals surface area contributed by atoms with Crippen LogP contribution >= 0.6 is 11.6 Å². The predicted octanol–water partition coefficient (Wildman–Crippen LogP) is 4.68. The number of hydrogen-bond donors (Lipinski definition) is 0. The molecule has 1 aromatic rings. The van der Waals surface area contributed by atoms with Gasteiger partial charge in [-0.3, -0.25) is 9.18 Å². The molecule has 0 aliphatic carbocycles. The van der Waals surface area contributed by atoms with Crippen LogP contribution in [0.5, 0.6) is 5.75 Å². The maximum atomic E-state index is 12.4. The lowest BCUT2D eigenvalue weighted by Crippen LogP contribution is -2.42. The van der Waals surface area contributed by atoms with E-state index in [1.165, 1.54) is 5.01 Å². The van der Waals surface area contributed by atoms with Crippen LogP contribution in [0.25, 0.3) is 0 Å². The van der Waals surface area contributed by atoms with Gasteiger partial charge in [-0.05, 0) is 58.2 Å². The third-order valence-corrected chi connectivity index (χ3v) is 3.69. The van der Waals surface area contributed by atoms with Crippen molar-refractivity contribution in [2.24, 2.45) is 5.10 Å². The van der Waals surface area contributed by atoms with Crippen molar-refractivity contribution in [1.82, 2.24) is 5.01 Å². The van der Waals surface area contributed by atoms with Crippen molar-refractivity contribution in [3.8, 4) is 5.75 Å². The number of aryl methyl sites for hydroxylation is 1. The molecule has 0 aromatic heterocycles. The molecule has 0 N–H and O–H groups in total. The fourth-order valence-electron chi connectivity index (χ4n) is 2.04. The minimum absolute atomic E-state index is 0.0566. The highest BCUT2D eigenvalue weighted by atomic mass is 35.5. The summed E-state index contributed by atoms with van der Waals surface area (Å²) in [6, 6.07) is 7.25. The number of ether oxygens (including phenoxy) is 1. The number of rotatable bonds is 7. The second-order valence-electron chi connectivity index (χ2n) is 6.34. The Kier molecular flexibility index (Phi) is 7.42. The SMILES string of the molecule is C=NN(C(=O)/C(Cl)=C(\C)Oc1ccc(CCCF)cc1)C(C)(C)C. The number of carbonyl (C=O) groups is 1. The standard InChI is InChI=1S/C18H24ClFN2O2/c1-13(16(19)17(23)22(21-5)18(2,3)4)24-15-10-8-14(9-11-15)7-6-12-20/h8-11H,5-7,12H2,1-4H3/b16-13-. The summed E-state index contributed by atoms with van der Waals surface area (Å²) in [7, 11) is 0. The molecule has 1 rings (SSSR count). The zero-order chi connectivity index (χ0) is 18.3. The number of halogens is 2. The molecule has 24 heavy (non-hydrogen) atoms. The number of hydrazone groups is 1. The fraction of sp³-hybridized carbons (Fsp3) is 0.444. The van der Waals surface area contributed by atoms with Gasteiger partial charge in [0.25, 0.3) is 5.91 Å². The molecule has 0 unspecified atom stereocenters. The average molecular weight is 355 g/mol. The molecule has 0 fully saturated rings. The first kappa shape index (κ1) is 20.2. The summed E-state index contributed by atoms with van der Waals surface area (Å²) in [4.78, 5) is 12.4. The molecule has 0 aliphatic rings. The summed E-state index contributed by atoms with van der Waals surface area (Å²) in [5.41, 5.74) is 0.482. The van der Waals surface area contributed by atoms with Crippen molar-refractivity contribution in [3.63, 3.8) is 0 Å². The Morgan fingerprint density at radius 3 is 2.38 bits per heavy atom. The Morgan fingerprint density at radius 1 is 1.33 bits per heavy atom. The summed E-state index contributed by atoms with van der Waals surface area (Å²) in [5, 5.41) is 4.89. The Morgan fingerprint density at radius 2 is 1.92 bits per heavy atom. The Balaban J connectivity index is 2.87. The maximum Gasteiger partial charge on any atom is 0.289 e. The molecule has 0 spiro atoms. The van der Waals surface area contributed by atoms with Crippen LogP contribution in [0.3, 0.4) is 0 Å². The third-order valence-electron chi connectivity index (χ3n) is 3.26. The van der Waals surface area contributed by atoms with E-state index < -0.39 is 11.4 Å². The van der Waals surface area contributed by atoms with Gasteiger partial charge in [0.1, 0.15) is 16.5 Å². The summed E-state index contributed by atoms with van der Waals surface area (Å²) < 4.78 is 17.8. The van der Waals surface area contributed by atoms with Crippen molar-refractivity contribution < 1.29 is 13.9 Å². The summed E-state index contributed by atoms with van der Waals surface area (Å²) >= 11 is 6.14. The van der Waals surface area contributed by atoms with Crippen LogP contribution in [-0.4, -0.2) is 29.8 Å². The van der Waals surface area contributed by atoms with E-state index in [2.05, 4.69) is 11.8 Å². The van der Waals surface area contributed by atoms with Crippen LogP contribution in [0.1, 0.15) is 39.7 Å². The normalized spacial score (nSPS) is 12.4. The number of carbonyl (C=O) groups excluding carboxylic acids is 1. The first-order valence-corrected chi connectivity index (χ1v) is 8.08. The van der Waals surface area contributed by atoms with Gasteiger partial charge in [-0.2, -0.15) is 5.10 Å². The molecule has 132 valence electrons. The minimum atomic E-state index is -0.544. The first-order valence-electron chi connectivity index (χ1n) is 7.71. The van der Waals surface area contributed by atoms with Crippen LogP contribution in [0.2, 0.25) is 0 Å². The van der Waals surface area contributed by atoms with Gasteiger partial charge in [-0.1, -0.05) is 23.7 Å². The topological polar surface area (TPSA) is 41.9 Å². The van der Waals surface area contributed by atoms with Crippen molar-refractivity contribution >= 4 is 24.2 Å². The lowest BCUT2D eigenvalue weighted by molar-refractivity contribution is -0.131. The molecule has 0 atom stereocenters. The lowest BCUT2D eigenvalue weighted by atomic mass is 10.1.